The molecule has 0 radical (unpaired) electrons. The summed E-state index contributed by atoms with van der Waals surface area (Å²) in [7, 11) is -0.364. The van der Waals surface area contributed by atoms with Crippen molar-refractivity contribution >= 4 is 22.0 Å². The van der Waals surface area contributed by atoms with Crippen molar-refractivity contribution in [2.75, 3.05) is 40.3 Å². The summed E-state index contributed by atoms with van der Waals surface area (Å²) in [4.78, 5) is 26.5. The van der Waals surface area contributed by atoms with Crippen molar-refractivity contribution in [2.24, 2.45) is 5.92 Å². The predicted octanol–water partition coefficient (Wildman–Crippen LogP) is 2.25. The van der Waals surface area contributed by atoms with E-state index in [-0.39, 0.29) is 63.2 Å². The van der Waals surface area contributed by atoms with E-state index < -0.39 is 21.5 Å². The molecule has 39 heavy (non-hydrogen) atoms. The largest absolute Gasteiger partial charge is 0.374 e. The minimum absolute atomic E-state index is 0.0119. The summed E-state index contributed by atoms with van der Waals surface area (Å²) in [5.41, 5.74) is -1.53. The number of rotatable bonds is 19. The highest BCUT2D eigenvalue weighted by Gasteiger charge is 2.42. The van der Waals surface area contributed by atoms with Crippen LogP contribution in [0.2, 0.25) is 0 Å². The summed E-state index contributed by atoms with van der Waals surface area (Å²) in [5, 5.41) is 17.7. The van der Waals surface area contributed by atoms with Gasteiger partial charge in [0.15, 0.2) is 0 Å². The van der Waals surface area contributed by atoms with Crippen molar-refractivity contribution in [3.63, 3.8) is 0 Å². The lowest BCUT2D eigenvalue weighted by molar-refractivity contribution is -0.125. The van der Waals surface area contributed by atoms with E-state index in [0.29, 0.717) is 12.8 Å². The third kappa shape index (κ3) is 13.7. The second kappa shape index (κ2) is 16.3. The van der Waals surface area contributed by atoms with Crippen LogP contribution in [0.1, 0.15) is 72.3 Å². The van der Waals surface area contributed by atoms with Crippen molar-refractivity contribution < 1.29 is 23.1 Å². The van der Waals surface area contributed by atoms with Gasteiger partial charge in [0.1, 0.15) is 5.72 Å². The fourth-order valence-electron chi connectivity index (χ4n) is 4.19. The second-order valence-corrected chi connectivity index (χ2v) is 13.3. The minimum atomic E-state index is -3.99. The van der Waals surface area contributed by atoms with Crippen LogP contribution in [-0.2, 0) is 26.2 Å². The summed E-state index contributed by atoms with van der Waals surface area (Å²) >= 11 is 0. The van der Waals surface area contributed by atoms with Gasteiger partial charge in [-0.15, -0.1) is 0 Å². The molecule has 0 fully saturated rings. The quantitative estimate of drug-likeness (QED) is 0.149. The van der Waals surface area contributed by atoms with Crippen LogP contribution in [0.3, 0.4) is 0 Å². The molecule has 0 aliphatic heterocycles. The van der Waals surface area contributed by atoms with Crippen molar-refractivity contribution in [3.8, 4) is 0 Å². The Morgan fingerprint density at radius 3 is 2.23 bits per heavy atom. The van der Waals surface area contributed by atoms with Crippen LogP contribution < -0.4 is 15.4 Å². The SMILES string of the molecule is CCCCNS(=O)(=O)N(CC(C)C)C(O)(CCNC(=O)CCC(C)(C)NC(=O)CN(C)C)Cc1ccccc1. The molecule has 0 saturated carbocycles. The molecule has 1 aromatic carbocycles. The van der Waals surface area contributed by atoms with Crippen LogP contribution in [-0.4, -0.2) is 86.1 Å². The standard InChI is InChI=1S/C28H51N5O5S/c1-8-9-18-30-39(37,38)33(21-23(2)3)28(36,20-24-13-11-10-12-14-24)17-19-29-25(34)15-16-27(4,5)31-26(35)22-32(6)7/h10-14,23,30,36H,8-9,15-22H2,1-7H3,(H,29,34)(H,31,35). The number of benzene rings is 1. The number of nitrogens with one attached hydrogen (secondary N) is 3. The van der Waals surface area contributed by atoms with Crippen LogP contribution in [0.15, 0.2) is 30.3 Å². The molecule has 10 nitrogen and oxygen atoms in total. The van der Waals surface area contributed by atoms with Crippen LogP contribution in [0.4, 0.5) is 0 Å². The van der Waals surface area contributed by atoms with E-state index in [9.17, 15) is 23.1 Å². The molecule has 1 rings (SSSR count). The predicted molar refractivity (Wildman–Crippen MR) is 156 cm³/mol. The van der Waals surface area contributed by atoms with Crippen LogP contribution in [0, 0.1) is 5.92 Å². The van der Waals surface area contributed by atoms with Crippen molar-refractivity contribution in [2.45, 2.75) is 84.4 Å². The van der Waals surface area contributed by atoms with E-state index >= 15 is 0 Å². The number of unbranched alkanes of at least 4 members (excludes halogenated alkanes) is 1. The maximum atomic E-state index is 13.4. The summed E-state index contributed by atoms with van der Waals surface area (Å²) in [5.74, 6) is -0.378. The summed E-state index contributed by atoms with van der Waals surface area (Å²) in [6.45, 7) is 10.3. The van der Waals surface area contributed by atoms with Gasteiger partial charge in [0.05, 0.1) is 6.54 Å². The van der Waals surface area contributed by atoms with Gasteiger partial charge in [0.25, 0.3) is 10.2 Å². The zero-order valence-electron chi connectivity index (χ0n) is 24.9. The maximum absolute atomic E-state index is 13.4. The van der Waals surface area contributed by atoms with E-state index in [1.807, 2.05) is 79.0 Å². The minimum Gasteiger partial charge on any atom is -0.374 e. The first kappa shape index (κ1) is 35.0. The molecule has 0 heterocycles. The molecule has 1 unspecified atom stereocenters. The van der Waals surface area contributed by atoms with Gasteiger partial charge in [-0.1, -0.05) is 57.5 Å². The van der Waals surface area contributed by atoms with Crippen molar-refractivity contribution in [3.05, 3.63) is 35.9 Å². The topological polar surface area (TPSA) is 131 Å². The molecular formula is C28H51N5O5S. The molecule has 4 N–H and O–H groups in total. The van der Waals surface area contributed by atoms with Gasteiger partial charge < -0.3 is 20.6 Å². The zero-order valence-corrected chi connectivity index (χ0v) is 25.7. The molecule has 11 heteroatoms. The average Bonchev–Trinajstić information content (AvgIpc) is 2.81. The van der Waals surface area contributed by atoms with Gasteiger partial charge in [-0.05, 0) is 52.3 Å². The van der Waals surface area contributed by atoms with Crippen LogP contribution in [0.5, 0.6) is 0 Å². The number of nitrogens with zero attached hydrogens (tertiary/aromatic N) is 2. The van der Waals surface area contributed by atoms with Gasteiger partial charge in [0.2, 0.25) is 11.8 Å². The van der Waals surface area contributed by atoms with Crippen molar-refractivity contribution in [1.82, 2.24) is 24.6 Å². The Morgan fingerprint density at radius 2 is 1.67 bits per heavy atom. The van der Waals surface area contributed by atoms with Crippen molar-refractivity contribution in [1.29, 1.82) is 0 Å². The smallest absolute Gasteiger partial charge is 0.281 e. The fraction of sp³-hybridized carbons (Fsp3) is 0.714. The lowest BCUT2D eigenvalue weighted by atomic mass is 9.97. The first-order valence-electron chi connectivity index (χ1n) is 13.9. The third-order valence-electron chi connectivity index (χ3n) is 6.19. The number of amides is 2. The van der Waals surface area contributed by atoms with Gasteiger partial charge in [0, 0.05) is 44.4 Å². The van der Waals surface area contributed by atoms with E-state index in [1.165, 1.54) is 0 Å². The number of likely N-dealkylation sites (N-methyl/N-ethyl adjacent to an activating group) is 1. The maximum Gasteiger partial charge on any atom is 0.281 e. The van der Waals surface area contributed by atoms with E-state index in [0.717, 1.165) is 16.3 Å². The Hall–Kier alpha value is -2.05. The molecule has 0 aromatic heterocycles. The Morgan fingerprint density at radius 1 is 1.03 bits per heavy atom. The van der Waals surface area contributed by atoms with Crippen LogP contribution in [0.25, 0.3) is 0 Å². The lowest BCUT2D eigenvalue weighted by Gasteiger charge is -2.40. The summed E-state index contributed by atoms with van der Waals surface area (Å²) in [6.07, 6.45) is 2.23. The molecule has 224 valence electrons. The normalized spacial score (nSPS) is 14.0. The highest BCUT2D eigenvalue weighted by atomic mass is 32.2. The monoisotopic (exact) mass is 569 g/mol. The molecule has 0 aliphatic carbocycles. The fourth-order valence-corrected chi connectivity index (χ4v) is 5.84. The summed E-state index contributed by atoms with van der Waals surface area (Å²) < 4.78 is 30.5. The Balaban J connectivity index is 2.98. The highest BCUT2D eigenvalue weighted by Crippen LogP contribution is 2.26. The highest BCUT2D eigenvalue weighted by molar-refractivity contribution is 7.87. The number of aliphatic hydroxyl groups is 1. The number of hydrogen-bond acceptors (Lipinski definition) is 6. The molecule has 1 aromatic rings. The number of carbonyl (C=O) groups is 2. The molecule has 0 saturated heterocycles. The molecule has 1 atom stereocenters. The molecule has 0 aliphatic rings. The Bertz CT molecular complexity index is 985. The lowest BCUT2D eigenvalue weighted by Crippen LogP contribution is -2.58. The van der Waals surface area contributed by atoms with Gasteiger partial charge in [-0.2, -0.15) is 12.7 Å². The first-order chi connectivity index (χ1) is 18.1. The van der Waals surface area contributed by atoms with E-state index in [1.54, 1.807) is 4.90 Å². The molecule has 0 bridgehead atoms. The second-order valence-electron chi connectivity index (χ2n) is 11.6. The van der Waals surface area contributed by atoms with Gasteiger partial charge >= 0.3 is 0 Å². The average molecular weight is 570 g/mol. The molecule has 0 spiro atoms. The van der Waals surface area contributed by atoms with Gasteiger partial charge in [-0.3, -0.25) is 9.59 Å². The van der Waals surface area contributed by atoms with E-state index in [2.05, 4.69) is 15.4 Å². The Labute approximate surface area is 236 Å². The van der Waals surface area contributed by atoms with Crippen LogP contribution >= 0.6 is 0 Å². The Kier molecular flexibility index (Phi) is 14.6. The van der Waals surface area contributed by atoms with E-state index in [4.69, 9.17) is 0 Å². The number of hydrogen-bond donors (Lipinski definition) is 4. The zero-order chi connectivity index (χ0) is 29.7. The number of carbonyl (C=O) groups excluding carboxylic acids is 2. The summed E-state index contributed by atoms with van der Waals surface area (Å²) in [6, 6.07) is 9.25. The third-order valence-corrected chi connectivity index (χ3v) is 7.83. The molecule has 2 amide bonds. The molecular weight excluding hydrogens is 518 g/mol. The van der Waals surface area contributed by atoms with Gasteiger partial charge in [-0.25, -0.2) is 4.72 Å². The first-order valence-corrected chi connectivity index (χ1v) is 15.3.